The van der Waals surface area contributed by atoms with Crippen molar-refractivity contribution in [3.05, 3.63) is 84.2 Å². The summed E-state index contributed by atoms with van der Waals surface area (Å²) in [6, 6.07) is 14.4. The minimum absolute atomic E-state index is 0.342. The van der Waals surface area contributed by atoms with E-state index in [1.54, 1.807) is 24.3 Å². The molecule has 0 spiro atoms. The van der Waals surface area contributed by atoms with Gasteiger partial charge in [-0.05, 0) is 37.1 Å². The van der Waals surface area contributed by atoms with Gasteiger partial charge in [-0.1, -0.05) is 93.0 Å². The van der Waals surface area contributed by atoms with Crippen LogP contribution in [0.3, 0.4) is 0 Å². The third kappa shape index (κ3) is 7.61. The van der Waals surface area contributed by atoms with Crippen LogP contribution in [0.25, 0.3) is 0 Å². The largest absolute Gasteiger partial charge is 0.373 e. The van der Waals surface area contributed by atoms with Crippen molar-refractivity contribution >= 4 is 38.5 Å². The molecule has 0 radical (unpaired) electrons. The molecule has 8 heteroatoms. The monoisotopic (exact) mass is 540 g/mol. The standard InChI is InChI=1S/C29H40O6Si2/c1-10-29(5,11-2)28(34-32-26(30)22-14-18-24(19-15-22)36(6,7)12-3)35-33-27(31)23-16-20-25(21-17-23)37(8,9)13-4/h12-21,28H,3-4,10-11H2,1-2,5-9H3. The van der Waals surface area contributed by atoms with E-state index in [-0.39, 0.29) is 0 Å². The lowest BCUT2D eigenvalue weighted by atomic mass is 9.84. The van der Waals surface area contributed by atoms with E-state index in [4.69, 9.17) is 19.6 Å². The summed E-state index contributed by atoms with van der Waals surface area (Å²) in [7, 11) is -3.47. The second-order valence-electron chi connectivity index (χ2n) is 10.6. The van der Waals surface area contributed by atoms with Crippen molar-refractivity contribution in [1.82, 2.24) is 0 Å². The zero-order chi connectivity index (χ0) is 27.9. The van der Waals surface area contributed by atoms with Crippen molar-refractivity contribution < 1.29 is 29.1 Å². The SMILES string of the molecule is C=C[Si](C)(C)c1ccc(C(=O)OOC(OOC(=O)c2ccc([Si](C)(C)C=C)cc2)C(C)(CC)CC)cc1. The second-order valence-corrected chi connectivity index (χ2v) is 19.5. The molecule has 0 amide bonds. The third-order valence-electron chi connectivity index (χ3n) is 7.36. The highest BCUT2D eigenvalue weighted by Gasteiger charge is 2.37. The summed E-state index contributed by atoms with van der Waals surface area (Å²) in [6.45, 7) is 22.4. The summed E-state index contributed by atoms with van der Waals surface area (Å²) < 4.78 is 0. The predicted octanol–water partition coefficient (Wildman–Crippen LogP) is 6.00. The molecule has 2 rings (SSSR count). The minimum Gasteiger partial charge on any atom is -0.290 e. The van der Waals surface area contributed by atoms with E-state index in [1.165, 1.54) is 0 Å². The van der Waals surface area contributed by atoms with Crippen molar-refractivity contribution in [3.8, 4) is 0 Å². The topological polar surface area (TPSA) is 71.1 Å². The molecule has 6 nitrogen and oxygen atoms in total. The minimum atomic E-state index is -1.74. The molecule has 0 aliphatic rings. The predicted molar refractivity (Wildman–Crippen MR) is 153 cm³/mol. The Morgan fingerprint density at radius 2 is 1.08 bits per heavy atom. The Morgan fingerprint density at radius 3 is 1.35 bits per heavy atom. The highest BCUT2D eigenvalue weighted by atomic mass is 28.3. The van der Waals surface area contributed by atoms with Gasteiger partial charge in [-0.25, -0.2) is 9.59 Å². The molecular weight excluding hydrogens is 500 g/mol. The number of hydrogen-bond acceptors (Lipinski definition) is 6. The molecule has 0 aromatic heterocycles. The number of carbonyl (C=O) groups excluding carboxylic acids is 2. The van der Waals surface area contributed by atoms with E-state index in [2.05, 4.69) is 39.3 Å². The van der Waals surface area contributed by atoms with Gasteiger partial charge < -0.3 is 0 Å². The maximum absolute atomic E-state index is 12.7. The fourth-order valence-corrected chi connectivity index (χ4v) is 5.93. The van der Waals surface area contributed by atoms with Gasteiger partial charge in [-0.15, -0.1) is 22.9 Å². The van der Waals surface area contributed by atoms with E-state index in [0.29, 0.717) is 24.0 Å². The molecule has 2 aromatic carbocycles. The van der Waals surface area contributed by atoms with Gasteiger partial charge in [0.2, 0.25) is 0 Å². The van der Waals surface area contributed by atoms with Crippen molar-refractivity contribution in [3.63, 3.8) is 0 Å². The van der Waals surface area contributed by atoms with Crippen LogP contribution in [0.5, 0.6) is 0 Å². The molecule has 0 bridgehead atoms. The molecule has 0 N–H and O–H groups in total. The average molecular weight is 541 g/mol. The molecular formula is C29H40O6Si2. The summed E-state index contributed by atoms with van der Waals surface area (Å²) in [5, 5.41) is 2.31. The van der Waals surface area contributed by atoms with Crippen LogP contribution in [0, 0.1) is 5.41 Å². The van der Waals surface area contributed by atoms with Crippen molar-refractivity contribution in [2.75, 3.05) is 0 Å². The van der Waals surface area contributed by atoms with Crippen LogP contribution in [-0.4, -0.2) is 34.4 Å². The molecule has 0 aliphatic heterocycles. The molecule has 0 fully saturated rings. The van der Waals surface area contributed by atoms with Crippen molar-refractivity contribution in [2.24, 2.45) is 5.41 Å². The third-order valence-corrected chi connectivity index (χ3v) is 13.0. The fourth-order valence-electron chi connectivity index (χ4n) is 3.41. The van der Waals surface area contributed by atoms with E-state index in [0.717, 1.165) is 10.4 Å². The Kier molecular flexibility index (Phi) is 10.4. The number of carbonyl (C=O) groups is 2. The molecule has 0 aliphatic carbocycles. The van der Waals surface area contributed by atoms with Gasteiger partial charge in [0.1, 0.15) is 16.1 Å². The van der Waals surface area contributed by atoms with Crippen LogP contribution in [0.2, 0.25) is 26.2 Å². The first-order chi connectivity index (χ1) is 17.3. The van der Waals surface area contributed by atoms with E-state index in [9.17, 15) is 9.59 Å². The number of hydrogen-bond donors (Lipinski definition) is 0. The normalized spacial score (nSPS) is 12.2. The Morgan fingerprint density at radius 1 is 0.757 bits per heavy atom. The molecule has 200 valence electrons. The van der Waals surface area contributed by atoms with Gasteiger partial charge >= 0.3 is 11.9 Å². The molecule has 0 saturated carbocycles. The highest BCUT2D eigenvalue weighted by molar-refractivity contribution is 6.94. The molecule has 0 atom stereocenters. The average Bonchev–Trinajstić information content (AvgIpc) is 2.92. The van der Waals surface area contributed by atoms with E-state index in [1.807, 2.05) is 56.4 Å². The molecule has 0 unspecified atom stereocenters. The van der Waals surface area contributed by atoms with Crippen molar-refractivity contribution in [2.45, 2.75) is 66.1 Å². The fraction of sp³-hybridized carbons (Fsp3) is 0.379. The Balaban J connectivity index is 2.09. The van der Waals surface area contributed by atoms with Crippen molar-refractivity contribution in [1.29, 1.82) is 0 Å². The van der Waals surface area contributed by atoms with Gasteiger partial charge in [0.05, 0.1) is 11.1 Å². The first-order valence-corrected chi connectivity index (χ1v) is 18.7. The van der Waals surface area contributed by atoms with Gasteiger partial charge in [-0.3, -0.25) is 9.78 Å². The van der Waals surface area contributed by atoms with E-state index < -0.39 is 39.8 Å². The van der Waals surface area contributed by atoms with Gasteiger partial charge in [0.25, 0.3) is 6.29 Å². The lowest BCUT2D eigenvalue weighted by Gasteiger charge is -2.32. The first-order valence-electron chi connectivity index (χ1n) is 12.6. The lowest BCUT2D eigenvalue weighted by molar-refractivity contribution is -0.445. The maximum atomic E-state index is 12.7. The zero-order valence-corrected chi connectivity index (χ0v) is 25.1. The Bertz CT molecular complexity index is 1010. The molecule has 0 heterocycles. The smallest absolute Gasteiger partial charge is 0.290 e. The van der Waals surface area contributed by atoms with Gasteiger partial charge in [-0.2, -0.15) is 0 Å². The maximum Gasteiger partial charge on any atom is 0.373 e. The molecule has 37 heavy (non-hydrogen) atoms. The first kappa shape index (κ1) is 30.4. The summed E-state index contributed by atoms with van der Waals surface area (Å²) in [4.78, 5) is 46.4. The Hall–Kier alpha value is -2.79. The molecule has 0 saturated heterocycles. The number of benzene rings is 2. The van der Waals surface area contributed by atoms with Crippen LogP contribution in [0.15, 0.2) is 73.1 Å². The number of rotatable bonds is 13. The van der Waals surface area contributed by atoms with E-state index >= 15 is 0 Å². The lowest BCUT2D eigenvalue weighted by Crippen LogP contribution is -2.39. The van der Waals surface area contributed by atoms with Crippen LogP contribution in [0.1, 0.15) is 54.3 Å². The summed E-state index contributed by atoms with van der Waals surface area (Å²) in [5.74, 6) is -1.33. The van der Waals surface area contributed by atoms with Crippen LogP contribution >= 0.6 is 0 Å². The van der Waals surface area contributed by atoms with Gasteiger partial charge in [0, 0.05) is 5.41 Å². The quantitative estimate of drug-likeness (QED) is 0.134. The van der Waals surface area contributed by atoms with Crippen LogP contribution in [-0.2, 0) is 19.6 Å². The molecule has 2 aromatic rings. The summed E-state index contributed by atoms with van der Waals surface area (Å²) in [5.41, 5.74) is 4.08. The summed E-state index contributed by atoms with van der Waals surface area (Å²) in [6.07, 6.45) is 0.151. The van der Waals surface area contributed by atoms with Gasteiger partial charge in [0.15, 0.2) is 0 Å². The Labute approximate surface area is 223 Å². The van der Waals surface area contributed by atoms with Crippen LogP contribution in [0.4, 0.5) is 0 Å². The zero-order valence-electron chi connectivity index (χ0n) is 23.1. The summed E-state index contributed by atoms with van der Waals surface area (Å²) >= 11 is 0. The second kappa shape index (κ2) is 12.6. The highest BCUT2D eigenvalue weighted by Crippen LogP contribution is 2.33. The van der Waals surface area contributed by atoms with Crippen LogP contribution < -0.4 is 10.4 Å².